The van der Waals surface area contributed by atoms with Crippen molar-refractivity contribution in [3.63, 3.8) is 0 Å². The Bertz CT molecular complexity index is 734. The number of carbonyl (C=O) groups is 2. The van der Waals surface area contributed by atoms with Gasteiger partial charge in [-0.05, 0) is 30.5 Å². The molecule has 0 spiro atoms. The summed E-state index contributed by atoms with van der Waals surface area (Å²) in [4.78, 5) is 26.4. The second kappa shape index (κ2) is 9.88. The standard InChI is InChI=1S/C22H27N3O2/c26-21(12-7-14-23-22(27)19-10-5-2-6-11-19)24-20-13-15-25(17-20)16-18-8-3-1-4-9-18/h1-6,8-11,20H,7,12-17H2,(H,23,27)(H,24,26). The number of hydrogen-bond donors (Lipinski definition) is 2. The quantitative estimate of drug-likeness (QED) is 0.707. The molecule has 0 aliphatic carbocycles. The number of nitrogens with zero attached hydrogens (tertiary/aromatic N) is 1. The van der Waals surface area contributed by atoms with Crippen LogP contribution in [0.25, 0.3) is 0 Å². The highest BCUT2D eigenvalue weighted by molar-refractivity contribution is 5.94. The molecule has 1 fully saturated rings. The fraction of sp³-hybridized carbons (Fsp3) is 0.364. The van der Waals surface area contributed by atoms with Crippen LogP contribution in [0, 0.1) is 0 Å². The molecule has 0 aromatic heterocycles. The second-order valence-corrected chi connectivity index (χ2v) is 7.00. The Hall–Kier alpha value is -2.66. The summed E-state index contributed by atoms with van der Waals surface area (Å²) < 4.78 is 0. The molecule has 1 aliphatic rings. The number of likely N-dealkylation sites (tertiary alicyclic amines) is 1. The van der Waals surface area contributed by atoms with Crippen LogP contribution in [0.5, 0.6) is 0 Å². The lowest BCUT2D eigenvalue weighted by Crippen LogP contribution is -2.37. The van der Waals surface area contributed by atoms with Crippen LogP contribution in [0.15, 0.2) is 60.7 Å². The molecule has 1 heterocycles. The lowest BCUT2D eigenvalue weighted by Gasteiger charge is -2.17. The molecule has 1 atom stereocenters. The van der Waals surface area contributed by atoms with E-state index in [1.165, 1.54) is 5.56 Å². The van der Waals surface area contributed by atoms with E-state index in [1.807, 2.05) is 24.3 Å². The Balaban J connectivity index is 1.30. The number of amides is 2. The SMILES string of the molecule is O=C(CCCNC(=O)c1ccccc1)NC1CCN(Cc2ccccc2)C1. The van der Waals surface area contributed by atoms with Crippen molar-refractivity contribution in [3.8, 4) is 0 Å². The Labute approximate surface area is 160 Å². The third kappa shape index (κ3) is 6.22. The Kier molecular flexibility index (Phi) is 6.99. The summed E-state index contributed by atoms with van der Waals surface area (Å²) in [6.45, 7) is 3.34. The molecule has 5 nitrogen and oxygen atoms in total. The minimum Gasteiger partial charge on any atom is -0.352 e. The first-order valence-electron chi connectivity index (χ1n) is 9.59. The fourth-order valence-corrected chi connectivity index (χ4v) is 3.38. The van der Waals surface area contributed by atoms with Crippen molar-refractivity contribution in [2.45, 2.75) is 31.8 Å². The van der Waals surface area contributed by atoms with E-state index in [-0.39, 0.29) is 17.9 Å². The molecule has 0 bridgehead atoms. The average Bonchev–Trinajstić information content (AvgIpc) is 3.13. The van der Waals surface area contributed by atoms with Crippen molar-refractivity contribution in [3.05, 3.63) is 71.8 Å². The van der Waals surface area contributed by atoms with Gasteiger partial charge in [0.2, 0.25) is 5.91 Å². The maximum atomic E-state index is 12.1. The highest BCUT2D eigenvalue weighted by atomic mass is 16.2. The van der Waals surface area contributed by atoms with Gasteiger partial charge in [-0.3, -0.25) is 14.5 Å². The highest BCUT2D eigenvalue weighted by Gasteiger charge is 2.23. The summed E-state index contributed by atoms with van der Waals surface area (Å²) >= 11 is 0. The number of hydrogen-bond acceptors (Lipinski definition) is 3. The molecule has 1 saturated heterocycles. The zero-order chi connectivity index (χ0) is 18.9. The smallest absolute Gasteiger partial charge is 0.251 e. The van der Waals surface area contributed by atoms with E-state index in [0.29, 0.717) is 24.9 Å². The molecule has 0 saturated carbocycles. The normalized spacial score (nSPS) is 16.8. The summed E-state index contributed by atoms with van der Waals surface area (Å²) in [5, 5.41) is 5.98. The third-order valence-corrected chi connectivity index (χ3v) is 4.79. The maximum Gasteiger partial charge on any atom is 0.251 e. The molecular formula is C22H27N3O2. The molecule has 2 aromatic rings. The van der Waals surface area contributed by atoms with Crippen LogP contribution in [-0.2, 0) is 11.3 Å². The van der Waals surface area contributed by atoms with E-state index in [4.69, 9.17) is 0 Å². The first kappa shape index (κ1) is 19.1. The third-order valence-electron chi connectivity index (χ3n) is 4.79. The van der Waals surface area contributed by atoms with Gasteiger partial charge in [0.25, 0.3) is 5.91 Å². The zero-order valence-corrected chi connectivity index (χ0v) is 15.6. The monoisotopic (exact) mass is 365 g/mol. The van der Waals surface area contributed by atoms with E-state index in [2.05, 4.69) is 39.8 Å². The van der Waals surface area contributed by atoms with Crippen LogP contribution in [-0.4, -0.2) is 42.4 Å². The number of nitrogens with one attached hydrogen (secondary N) is 2. The molecule has 2 aromatic carbocycles. The topological polar surface area (TPSA) is 61.4 Å². The van der Waals surface area contributed by atoms with Gasteiger partial charge in [0.05, 0.1) is 0 Å². The van der Waals surface area contributed by atoms with Gasteiger partial charge in [-0.15, -0.1) is 0 Å². The molecule has 5 heteroatoms. The van der Waals surface area contributed by atoms with E-state index in [9.17, 15) is 9.59 Å². The second-order valence-electron chi connectivity index (χ2n) is 7.00. The number of carbonyl (C=O) groups excluding carboxylic acids is 2. The van der Waals surface area contributed by atoms with Gasteiger partial charge in [-0.25, -0.2) is 0 Å². The van der Waals surface area contributed by atoms with Crippen LogP contribution in [0.2, 0.25) is 0 Å². The summed E-state index contributed by atoms with van der Waals surface area (Å²) in [6, 6.07) is 19.8. The van der Waals surface area contributed by atoms with E-state index in [1.54, 1.807) is 12.1 Å². The average molecular weight is 365 g/mol. The highest BCUT2D eigenvalue weighted by Crippen LogP contribution is 2.13. The van der Waals surface area contributed by atoms with Gasteiger partial charge in [-0.1, -0.05) is 48.5 Å². The summed E-state index contributed by atoms with van der Waals surface area (Å²) in [5.41, 5.74) is 1.95. The molecular weight excluding hydrogens is 338 g/mol. The predicted molar refractivity (Wildman–Crippen MR) is 106 cm³/mol. The Morgan fingerprint density at radius 2 is 1.70 bits per heavy atom. The first-order chi connectivity index (χ1) is 13.2. The first-order valence-corrected chi connectivity index (χ1v) is 9.59. The van der Waals surface area contributed by atoms with Crippen LogP contribution < -0.4 is 10.6 Å². The van der Waals surface area contributed by atoms with E-state index >= 15 is 0 Å². The van der Waals surface area contributed by atoms with Crippen LogP contribution in [0.3, 0.4) is 0 Å². The maximum absolute atomic E-state index is 12.1. The largest absolute Gasteiger partial charge is 0.352 e. The molecule has 2 amide bonds. The summed E-state index contributed by atoms with van der Waals surface area (Å²) in [5.74, 6) is -0.0288. The van der Waals surface area contributed by atoms with Gasteiger partial charge in [-0.2, -0.15) is 0 Å². The molecule has 27 heavy (non-hydrogen) atoms. The summed E-state index contributed by atoms with van der Waals surface area (Å²) in [7, 11) is 0. The van der Waals surface area contributed by atoms with Crippen molar-refractivity contribution in [1.82, 2.24) is 15.5 Å². The fourth-order valence-electron chi connectivity index (χ4n) is 3.38. The van der Waals surface area contributed by atoms with Gasteiger partial charge in [0, 0.05) is 44.2 Å². The van der Waals surface area contributed by atoms with Crippen molar-refractivity contribution in [2.75, 3.05) is 19.6 Å². The molecule has 3 rings (SSSR count). The minimum absolute atomic E-state index is 0.0653. The van der Waals surface area contributed by atoms with Gasteiger partial charge in [0.15, 0.2) is 0 Å². The number of rotatable bonds is 8. The molecule has 1 aliphatic heterocycles. The van der Waals surface area contributed by atoms with Gasteiger partial charge >= 0.3 is 0 Å². The summed E-state index contributed by atoms with van der Waals surface area (Å²) in [6.07, 6.45) is 2.07. The lowest BCUT2D eigenvalue weighted by atomic mass is 10.2. The minimum atomic E-state index is -0.0941. The van der Waals surface area contributed by atoms with Crippen molar-refractivity contribution in [2.24, 2.45) is 0 Å². The molecule has 2 N–H and O–H groups in total. The van der Waals surface area contributed by atoms with E-state index < -0.39 is 0 Å². The van der Waals surface area contributed by atoms with Crippen molar-refractivity contribution in [1.29, 1.82) is 0 Å². The van der Waals surface area contributed by atoms with Crippen molar-refractivity contribution >= 4 is 11.8 Å². The molecule has 0 radical (unpaired) electrons. The van der Waals surface area contributed by atoms with Crippen LogP contribution in [0.1, 0.15) is 35.2 Å². The van der Waals surface area contributed by atoms with Crippen LogP contribution >= 0.6 is 0 Å². The molecule has 142 valence electrons. The van der Waals surface area contributed by atoms with Crippen molar-refractivity contribution < 1.29 is 9.59 Å². The van der Waals surface area contributed by atoms with Gasteiger partial charge in [0.1, 0.15) is 0 Å². The lowest BCUT2D eigenvalue weighted by molar-refractivity contribution is -0.121. The van der Waals surface area contributed by atoms with Gasteiger partial charge < -0.3 is 10.6 Å². The predicted octanol–water partition coefficient (Wildman–Crippen LogP) is 2.59. The zero-order valence-electron chi connectivity index (χ0n) is 15.6. The number of benzene rings is 2. The van der Waals surface area contributed by atoms with Crippen LogP contribution in [0.4, 0.5) is 0 Å². The Morgan fingerprint density at radius 3 is 2.44 bits per heavy atom. The molecule has 1 unspecified atom stereocenters. The Morgan fingerprint density at radius 1 is 1.00 bits per heavy atom. The van der Waals surface area contributed by atoms with E-state index in [0.717, 1.165) is 26.1 Å².